The number of nitrogens with zero attached hydrogens (tertiary/aromatic N) is 2. The fourth-order valence-corrected chi connectivity index (χ4v) is 3.97. The molecule has 1 aliphatic heterocycles. The van der Waals surface area contributed by atoms with Gasteiger partial charge in [-0.3, -0.25) is 10.0 Å². The molecule has 5 nitrogen and oxygen atoms in total. The second kappa shape index (κ2) is 9.89. The lowest BCUT2D eigenvalue weighted by Crippen LogP contribution is -2.29. The Morgan fingerprint density at radius 1 is 1.11 bits per heavy atom. The zero-order valence-corrected chi connectivity index (χ0v) is 17.2. The fourth-order valence-electron chi connectivity index (χ4n) is 3.09. The number of rotatable bonds is 7. The quantitative estimate of drug-likeness (QED) is 0.425. The maximum absolute atomic E-state index is 11.4. The molecule has 2 aromatic rings. The van der Waals surface area contributed by atoms with Crippen LogP contribution < -0.4 is 5.48 Å². The summed E-state index contributed by atoms with van der Waals surface area (Å²) in [5.41, 5.74) is 6.14. The number of likely N-dealkylation sites (N-methyl/N-ethyl adjacent to an activating group) is 1. The van der Waals surface area contributed by atoms with Crippen LogP contribution in [0.1, 0.15) is 12.0 Å². The van der Waals surface area contributed by atoms with E-state index in [1.165, 1.54) is 21.6 Å². The van der Waals surface area contributed by atoms with Crippen molar-refractivity contribution in [3.8, 4) is 11.1 Å². The molecule has 3 rings (SSSR count). The van der Waals surface area contributed by atoms with Gasteiger partial charge in [-0.2, -0.15) is 0 Å². The molecular formula is C22H27N3O2S. The Labute approximate surface area is 171 Å². The van der Waals surface area contributed by atoms with Crippen molar-refractivity contribution in [3.63, 3.8) is 0 Å². The summed E-state index contributed by atoms with van der Waals surface area (Å²) in [5, 5.41) is 8.71. The van der Waals surface area contributed by atoms with Gasteiger partial charge in [-0.25, -0.2) is 9.79 Å². The Balaban J connectivity index is 1.57. The molecule has 0 atom stereocenters. The summed E-state index contributed by atoms with van der Waals surface area (Å²) in [4.78, 5) is 14.8. The first-order valence-electron chi connectivity index (χ1n) is 9.45. The van der Waals surface area contributed by atoms with Crippen LogP contribution in [0.25, 0.3) is 11.1 Å². The fraction of sp³-hybridized carbons (Fsp3) is 0.318. The molecule has 148 valence electrons. The molecule has 1 amide bonds. The maximum atomic E-state index is 11.4. The minimum absolute atomic E-state index is 0.401. The van der Waals surface area contributed by atoms with E-state index in [4.69, 9.17) is 5.21 Å². The molecule has 1 aliphatic rings. The van der Waals surface area contributed by atoms with Gasteiger partial charge < -0.3 is 4.90 Å². The van der Waals surface area contributed by atoms with Gasteiger partial charge in [0.1, 0.15) is 0 Å². The second-order valence-electron chi connectivity index (χ2n) is 7.17. The van der Waals surface area contributed by atoms with Crippen LogP contribution in [0.2, 0.25) is 0 Å². The van der Waals surface area contributed by atoms with Crippen molar-refractivity contribution in [2.45, 2.75) is 17.7 Å². The highest BCUT2D eigenvalue weighted by atomic mass is 32.2. The Hall–Kier alpha value is -2.12. The molecule has 0 unspecified atom stereocenters. The number of nitrogens with one attached hydrogen (secondary N) is 1. The van der Waals surface area contributed by atoms with E-state index in [2.05, 4.69) is 71.8 Å². The predicted octanol–water partition coefficient (Wildman–Crippen LogP) is 3.60. The number of hydroxylamine groups is 1. The van der Waals surface area contributed by atoms with Crippen molar-refractivity contribution < 1.29 is 10.0 Å². The number of hydrogen-bond acceptors (Lipinski definition) is 5. The summed E-state index contributed by atoms with van der Waals surface area (Å²) in [6, 6.07) is 17.4. The van der Waals surface area contributed by atoms with Crippen LogP contribution in [0.5, 0.6) is 0 Å². The summed E-state index contributed by atoms with van der Waals surface area (Å²) >= 11 is 1.69. The number of carbonyl (C=O) groups excluding carboxylic acids is 1. The molecule has 0 spiro atoms. The van der Waals surface area contributed by atoms with Crippen molar-refractivity contribution in [2.24, 2.45) is 0 Å². The van der Waals surface area contributed by atoms with Gasteiger partial charge in [-0.05, 0) is 67.7 Å². The van der Waals surface area contributed by atoms with E-state index in [0.29, 0.717) is 18.5 Å². The Morgan fingerprint density at radius 3 is 2.29 bits per heavy atom. The van der Waals surface area contributed by atoms with Crippen LogP contribution in [0.15, 0.2) is 65.1 Å². The van der Waals surface area contributed by atoms with Gasteiger partial charge in [0.25, 0.3) is 5.91 Å². The Morgan fingerprint density at radius 2 is 1.75 bits per heavy atom. The van der Waals surface area contributed by atoms with Gasteiger partial charge in [0.05, 0.1) is 0 Å². The van der Waals surface area contributed by atoms with Crippen molar-refractivity contribution in [1.82, 2.24) is 14.7 Å². The van der Waals surface area contributed by atoms with Gasteiger partial charge in [-0.1, -0.05) is 42.5 Å². The van der Waals surface area contributed by atoms with E-state index in [1.807, 2.05) is 6.08 Å². The Kier molecular flexibility index (Phi) is 7.28. The molecule has 0 saturated carbocycles. The third-order valence-electron chi connectivity index (χ3n) is 4.79. The lowest BCUT2D eigenvalue weighted by atomic mass is 10.0. The lowest BCUT2D eigenvalue weighted by molar-refractivity contribution is -0.125. The van der Waals surface area contributed by atoms with Crippen molar-refractivity contribution in [1.29, 1.82) is 0 Å². The molecule has 2 N–H and O–H groups in total. The van der Waals surface area contributed by atoms with E-state index in [0.717, 1.165) is 19.5 Å². The normalized spacial score (nSPS) is 14.8. The molecule has 0 bridgehead atoms. The largest absolute Gasteiger partial charge is 0.309 e. The zero-order chi connectivity index (χ0) is 19.9. The number of amides is 1. The number of benzene rings is 2. The third-order valence-corrected chi connectivity index (χ3v) is 5.86. The molecule has 0 radical (unpaired) electrons. The first-order chi connectivity index (χ1) is 13.5. The first kappa shape index (κ1) is 20.6. The second-order valence-corrected chi connectivity index (χ2v) is 8.34. The number of hydrogen-bond donors (Lipinski definition) is 2. The molecule has 2 aromatic carbocycles. The highest BCUT2D eigenvalue weighted by Gasteiger charge is 2.17. The average Bonchev–Trinajstić information content (AvgIpc) is 2.73. The monoisotopic (exact) mass is 397 g/mol. The van der Waals surface area contributed by atoms with E-state index in [9.17, 15) is 4.79 Å². The van der Waals surface area contributed by atoms with Crippen LogP contribution in [0.4, 0.5) is 0 Å². The summed E-state index contributed by atoms with van der Waals surface area (Å²) in [5.74, 6) is -0.401. The summed E-state index contributed by atoms with van der Waals surface area (Å²) in [6.07, 6.45) is 3.57. The van der Waals surface area contributed by atoms with Crippen LogP contribution in [0, 0.1) is 0 Å². The molecule has 0 aliphatic carbocycles. The van der Waals surface area contributed by atoms with E-state index in [1.54, 1.807) is 17.4 Å². The maximum Gasteiger partial charge on any atom is 0.270 e. The summed E-state index contributed by atoms with van der Waals surface area (Å²) in [6.45, 7) is 2.52. The van der Waals surface area contributed by atoms with E-state index in [-0.39, 0.29) is 0 Å². The third kappa shape index (κ3) is 5.69. The SMILES string of the molecule is CN(C)CCc1ccc(-c2ccc(SN3CC=C(C(=O)NO)CC3)cc2)cc1. The number of carbonyl (C=O) groups is 1. The molecule has 0 aromatic heterocycles. The standard InChI is InChI=1S/C22H27N3O2S/c1-24(2)14-11-17-3-5-18(6-4-17)19-7-9-21(10-8-19)28-25-15-12-20(13-16-25)22(26)23-27/h3-10,12,27H,11,13-16H2,1-2H3,(H,23,26). The van der Waals surface area contributed by atoms with Crippen LogP contribution in [0.3, 0.4) is 0 Å². The van der Waals surface area contributed by atoms with Crippen molar-refractivity contribution in [2.75, 3.05) is 33.7 Å². The highest BCUT2D eigenvalue weighted by Crippen LogP contribution is 2.28. The van der Waals surface area contributed by atoms with Crippen molar-refractivity contribution >= 4 is 17.9 Å². The summed E-state index contributed by atoms with van der Waals surface area (Å²) < 4.78 is 2.21. The molecular weight excluding hydrogens is 370 g/mol. The minimum Gasteiger partial charge on any atom is -0.309 e. The van der Waals surface area contributed by atoms with Gasteiger partial charge >= 0.3 is 0 Å². The molecule has 6 heteroatoms. The molecule has 28 heavy (non-hydrogen) atoms. The molecule has 0 fully saturated rings. The van der Waals surface area contributed by atoms with Gasteiger partial charge in [0, 0.05) is 30.1 Å². The van der Waals surface area contributed by atoms with E-state index >= 15 is 0 Å². The topological polar surface area (TPSA) is 55.8 Å². The molecule has 1 heterocycles. The Bertz CT molecular complexity index is 817. The van der Waals surface area contributed by atoms with Gasteiger partial charge in [-0.15, -0.1) is 0 Å². The van der Waals surface area contributed by atoms with Crippen LogP contribution in [-0.2, 0) is 11.2 Å². The zero-order valence-electron chi connectivity index (χ0n) is 16.4. The predicted molar refractivity (Wildman–Crippen MR) is 114 cm³/mol. The summed E-state index contributed by atoms with van der Waals surface area (Å²) in [7, 11) is 4.19. The minimum atomic E-state index is -0.401. The average molecular weight is 398 g/mol. The highest BCUT2D eigenvalue weighted by molar-refractivity contribution is 7.97. The lowest BCUT2D eigenvalue weighted by Gasteiger charge is -2.24. The van der Waals surface area contributed by atoms with Crippen LogP contribution in [-0.4, -0.2) is 54.0 Å². The van der Waals surface area contributed by atoms with Gasteiger partial charge in [0.15, 0.2) is 0 Å². The van der Waals surface area contributed by atoms with E-state index < -0.39 is 5.91 Å². The smallest absolute Gasteiger partial charge is 0.270 e. The molecule has 0 saturated heterocycles. The van der Waals surface area contributed by atoms with Gasteiger partial charge in [0.2, 0.25) is 0 Å². The first-order valence-corrected chi connectivity index (χ1v) is 10.2. The van der Waals surface area contributed by atoms with Crippen LogP contribution >= 0.6 is 11.9 Å². The van der Waals surface area contributed by atoms with Crippen molar-refractivity contribution in [3.05, 3.63) is 65.7 Å².